The average Bonchev–Trinajstić information content (AvgIpc) is 2.91. The molecule has 3 atom stereocenters. The third kappa shape index (κ3) is 1.64. The van der Waals surface area contributed by atoms with Gasteiger partial charge in [0.05, 0.1) is 5.56 Å². The summed E-state index contributed by atoms with van der Waals surface area (Å²) in [6.45, 7) is 1.01. The second kappa shape index (κ2) is 3.65. The number of carboxylic acids is 1. The highest BCUT2D eigenvalue weighted by Gasteiger charge is 2.39. The molecule has 3 heteroatoms. The molecule has 3 rings (SSSR count). The molecule has 2 aliphatic rings. The number of rotatable bonds is 3. The Labute approximate surface area is 95.1 Å². The Kier molecular flexibility index (Phi) is 2.27. The van der Waals surface area contributed by atoms with Crippen molar-refractivity contribution in [2.75, 3.05) is 0 Å². The zero-order valence-electron chi connectivity index (χ0n) is 9.30. The Bertz CT molecular complexity index is 410. The van der Waals surface area contributed by atoms with E-state index in [1.807, 2.05) is 6.20 Å². The van der Waals surface area contributed by atoms with Gasteiger partial charge in [0, 0.05) is 18.9 Å². The number of aromatic carboxylic acids is 1. The zero-order chi connectivity index (χ0) is 11.1. The van der Waals surface area contributed by atoms with Crippen molar-refractivity contribution in [1.82, 2.24) is 4.57 Å². The molecule has 0 radical (unpaired) electrons. The fourth-order valence-electron chi connectivity index (χ4n) is 3.55. The van der Waals surface area contributed by atoms with Crippen LogP contribution in [0.2, 0.25) is 0 Å². The van der Waals surface area contributed by atoms with Crippen LogP contribution in [0.5, 0.6) is 0 Å². The van der Waals surface area contributed by atoms with E-state index in [-0.39, 0.29) is 0 Å². The van der Waals surface area contributed by atoms with E-state index in [0.29, 0.717) is 5.56 Å². The van der Waals surface area contributed by atoms with Crippen molar-refractivity contribution in [2.24, 2.45) is 17.8 Å². The highest BCUT2D eigenvalue weighted by Crippen LogP contribution is 2.48. The monoisotopic (exact) mass is 219 g/mol. The van der Waals surface area contributed by atoms with E-state index < -0.39 is 5.97 Å². The van der Waals surface area contributed by atoms with Crippen LogP contribution in [-0.2, 0) is 6.54 Å². The van der Waals surface area contributed by atoms with Gasteiger partial charge < -0.3 is 9.67 Å². The molecule has 0 spiro atoms. The van der Waals surface area contributed by atoms with Crippen molar-refractivity contribution in [3.63, 3.8) is 0 Å². The van der Waals surface area contributed by atoms with Crippen LogP contribution in [0.1, 0.15) is 36.0 Å². The van der Waals surface area contributed by atoms with Gasteiger partial charge in [-0.05, 0) is 43.1 Å². The van der Waals surface area contributed by atoms with Gasteiger partial charge in [0.1, 0.15) is 0 Å². The van der Waals surface area contributed by atoms with Gasteiger partial charge in [-0.3, -0.25) is 0 Å². The van der Waals surface area contributed by atoms with Crippen LogP contribution in [-0.4, -0.2) is 15.6 Å². The molecular weight excluding hydrogens is 202 g/mol. The van der Waals surface area contributed by atoms with Crippen molar-refractivity contribution >= 4 is 5.97 Å². The molecule has 2 fully saturated rings. The number of carbonyl (C=O) groups is 1. The minimum absolute atomic E-state index is 0.406. The first-order chi connectivity index (χ1) is 7.72. The van der Waals surface area contributed by atoms with Gasteiger partial charge in [-0.2, -0.15) is 0 Å². The summed E-state index contributed by atoms with van der Waals surface area (Å²) in [6.07, 6.45) is 9.24. The predicted octanol–water partition coefficient (Wildman–Crippen LogP) is 2.62. The lowest BCUT2D eigenvalue weighted by Gasteiger charge is -2.21. The smallest absolute Gasteiger partial charge is 0.337 e. The molecule has 3 unspecified atom stereocenters. The van der Waals surface area contributed by atoms with Crippen molar-refractivity contribution in [3.8, 4) is 0 Å². The molecule has 1 N–H and O–H groups in total. The maximum absolute atomic E-state index is 10.8. The predicted molar refractivity (Wildman–Crippen MR) is 60.3 cm³/mol. The largest absolute Gasteiger partial charge is 0.478 e. The Morgan fingerprint density at radius 2 is 2.31 bits per heavy atom. The molecule has 0 aromatic carbocycles. The molecule has 1 aromatic heterocycles. The molecule has 0 aliphatic heterocycles. The first kappa shape index (κ1) is 9.94. The fourth-order valence-corrected chi connectivity index (χ4v) is 3.55. The highest BCUT2D eigenvalue weighted by atomic mass is 16.4. The van der Waals surface area contributed by atoms with E-state index in [1.54, 1.807) is 12.3 Å². The van der Waals surface area contributed by atoms with Crippen LogP contribution in [0.3, 0.4) is 0 Å². The van der Waals surface area contributed by atoms with Crippen LogP contribution in [0.25, 0.3) is 0 Å². The molecule has 2 bridgehead atoms. The van der Waals surface area contributed by atoms with E-state index in [1.165, 1.54) is 25.7 Å². The molecule has 1 heterocycles. The number of fused-ring (bicyclic) bond motifs is 2. The maximum atomic E-state index is 10.8. The van der Waals surface area contributed by atoms with E-state index >= 15 is 0 Å². The molecule has 1 aromatic rings. The van der Waals surface area contributed by atoms with Gasteiger partial charge >= 0.3 is 5.97 Å². The Morgan fingerprint density at radius 1 is 1.44 bits per heavy atom. The van der Waals surface area contributed by atoms with Gasteiger partial charge in [-0.1, -0.05) is 6.42 Å². The topological polar surface area (TPSA) is 42.2 Å². The molecule has 2 aliphatic carbocycles. The van der Waals surface area contributed by atoms with Crippen molar-refractivity contribution in [2.45, 2.75) is 32.2 Å². The van der Waals surface area contributed by atoms with Gasteiger partial charge in [0.2, 0.25) is 0 Å². The minimum Gasteiger partial charge on any atom is -0.478 e. The van der Waals surface area contributed by atoms with Crippen LogP contribution >= 0.6 is 0 Å². The standard InChI is InChI=1S/C13H17NO2/c15-13(16)11-3-4-14(7-11)8-12-6-9-1-2-10(12)5-9/h3-4,7,9-10,12H,1-2,5-6,8H2,(H,15,16). The molecule has 2 saturated carbocycles. The second-order valence-corrected chi connectivity index (χ2v) is 5.34. The molecule has 16 heavy (non-hydrogen) atoms. The van der Waals surface area contributed by atoms with Crippen LogP contribution < -0.4 is 0 Å². The molecular formula is C13H17NO2. The maximum Gasteiger partial charge on any atom is 0.337 e. The van der Waals surface area contributed by atoms with E-state index in [0.717, 1.165) is 24.3 Å². The van der Waals surface area contributed by atoms with Gasteiger partial charge in [0.15, 0.2) is 0 Å². The van der Waals surface area contributed by atoms with E-state index in [9.17, 15) is 4.79 Å². The minimum atomic E-state index is -0.827. The highest BCUT2D eigenvalue weighted by molar-refractivity contribution is 5.87. The first-order valence-corrected chi connectivity index (χ1v) is 6.11. The summed E-state index contributed by atoms with van der Waals surface area (Å²) in [5.74, 6) is 1.82. The van der Waals surface area contributed by atoms with E-state index in [2.05, 4.69) is 4.57 Å². The summed E-state index contributed by atoms with van der Waals surface area (Å²) in [7, 11) is 0. The Balaban J connectivity index is 1.68. The number of nitrogens with zero attached hydrogens (tertiary/aromatic N) is 1. The summed E-state index contributed by atoms with van der Waals surface area (Å²) in [6, 6.07) is 1.69. The molecule has 86 valence electrons. The number of aromatic nitrogens is 1. The number of carboxylic acid groups (broad SMARTS) is 1. The SMILES string of the molecule is O=C(O)c1ccn(CC2CC3CCC2C3)c1. The zero-order valence-corrected chi connectivity index (χ0v) is 9.30. The average molecular weight is 219 g/mol. The third-order valence-electron chi connectivity index (χ3n) is 4.33. The lowest BCUT2D eigenvalue weighted by atomic mass is 9.89. The quantitative estimate of drug-likeness (QED) is 0.849. The Hall–Kier alpha value is -1.25. The van der Waals surface area contributed by atoms with Crippen LogP contribution in [0.4, 0.5) is 0 Å². The van der Waals surface area contributed by atoms with Gasteiger partial charge in [-0.25, -0.2) is 4.79 Å². The Morgan fingerprint density at radius 3 is 2.88 bits per heavy atom. The molecule has 0 saturated heterocycles. The summed E-state index contributed by atoms with van der Waals surface area (Å²) in [5, 5.41) is 8.85. The van der Waals surface area contributed by atoms with Crippen LogP contribution in [0, 0.1) is 17.8 Å². The van der Waals surface area contributed by atoms with Crippen molar-refractivity contribution < 1.29 is 9.90 Å². The van der Waals surface area contributed by atoms with Gasteiger partial charge in [-0.15, -0.1) is 0 Å². The lowest BCUT2D eigenvalue weighted by molar-refractivity contribution is 0.0696. The first-order valence-electron chi connectivity index (χ1n) is 6.11. The van der Waals surface area contributed by atoms with Crippen LogP contribution in [0.15, 0.2) is 18.5 Å². The van der Waals surface area contributed by atoms with Crippen molar-refractivity contribution in [1.29, 1.82) is 0 Å². The van der Waals surface area contributed by atoms with E-state index in [4.69, 9.17) is 5.11 Å². The van der Waals surface area contributed by atoms with Gasteiger partial charge in [0.25, 0.3) is 0 Å². The third-order valence-corrected chi connectivity index (χ3v) is 4.33. The molecule has 3 nitrogen and oxygen atoms in total. The number of hydrogen-bond donors (Lipinski definition) is 1. The fraction of sp³-hybridized carbons (Fsp3) is 0.615. The summed E-state index contributed by atoms with van der Waals surface area (Å²) in [4.78, 5) is 10.8. The molecule has 0 amide bonds. The number of hydrogen-bond acceptors (Lipinski definition) is 1. The second-order valence-electron chi connectivity index (χ2n) is 5.34. The summed E-state index contributed by atoms with van der Waals surface area (Å²) >= 11 is 0. The summed E-state index contributed by atoms with van der Waals surface area (Å²) in [5.41, 5.74) is 0.406. The lowest BCUT2D eigenvalue weighted by Crippen LogP contribution is -2.16. The normalized spacial score (nSPS) is 32.1. The van der Waals surface area contributed by atoms with Crippen molar-refractivity contribution in [3.05, 3.63) is 24.0 Å². The summed E-state index contributed by atoms with van der Waals surface area (Å²) < 4.78 is 2.05.